The van der Waals surface area contributed by atoms with Gasteiger partial charge in [-0.1, -0.05) is 6.58 Å². The van der Waals surface area contributed by atoms with Gasteiger partial charge < -0.3 is 10.2 Å². The van der Waals surface area contributed by atoms with Gasteiger partial charge in [0.1, 0.15) is 0 Å². The Hall–Kier alpha value is -1.16. The Kier molecular flexibility index (Phi) is 2.60. The average molecular weight is 130 g/mol. The van der Waals surface area contributed by atoms with E-state index in [-0.39, 0.29) is 0 Å². The average Bonchev–Trinajstić information content (AvgIpc) is 1.84. The van der Waals surface area contributed by atoms with E-state index in [1.165, 1.54) is 0 Å². The SMILES string of the molecule is C=CC(=O)C(O)C(=O)O. The number of carbonyl (C=O) groups excluding carboxylic acids is 1. The van der Waals surface area contributed by atoms with Gasteiger partial charge in [-0.05, 0) is 6.08 Å². The van der Waals surface area contributed by atoms with E-state index in [0.717, 1.165) is 6.08 Å². The van der Waals surface area contributed by atoms with Crippen LogP contribution in [0.2, 0.25) is 0 Å². The van der Waals surface area contributed by atoms with E-state index in [0.29, 0.717) is 0 Å². The van der Waals surface area contributed by atoms with Crippen LogP contribution in [0, 0.1) is 0 Å². The first-order valence-corrected chi connectivity index (χ1v) is 2.16. The lowest BCUT2D eigenvalue weighted by atomic mass is 10.2. The molecule has 0 fully saturated rings. The first kappa shape index (κ1) is 7.84. The van der Waals surface area contributed by atoms with Crippen molar-refractivity contribution in [3.8, 4) is 0 Å². The number of carboxylic acids is 1. The molecule has 0 spiro atoms. The number of carbonyl (C=O) groups is 2. The molecule has 2 N–H and O–H groups in total. The van der Waals surface area contributed by atoms with Gasteiger partial charge >= 0.3 is 5.97 Å². The highest BCUT2D eigenvalue weighted by Gasteiger charge is 2.18. The molecule has 0 saturated carbocycles. The summed E-state index contributed by atoms with van der Waals surface area (Å²) in [6.45, 7) is 2.99. The lowest BCUT2D eigenvalue weighted by Crippen LogP contribution is -2.27. The molecule has 0 saturated heterocycles. The van der Waals surface area contributed by atoms with Crippen LogP contribution in [0.4, 0.5) is 0 Å². The molecule has 0 radical (unpaired) electrons. The fraction of sp³-hybridized carbons (Fsp3) is 0.200. The third kappa shape index (κ3) is 2.05. The van der Waals surface area contributed by atoms with Crippen molar-refractivity contribution in [2.24, 2.45) is 0 Å². The number of hydrogen-bond donors (Lipinski definition) is 2. The molecule has 9 heavy (non-hydrogen) atoms. The molecule has 0 aliphatic heterocycles. The Morgan fingerprint density at radius 1 is 1.56 bits per heavy atom. The molecule has 4 heteroatoms. The van der Waals surface area contributed by atoms with E-state index < -0.39 is 17.9 Å². The van der Waals surface area contributed by atoms with Gasteiger partial charge in [-0.3, -0.25) is 4.79 Å². The second-order valence-electron chi connectivity index (χ2n) is 1.35. The summed E-state index contributed by atoms with van der Waals surface area (Å²) >= 11 is 0. The molecular weight excluding hydrogens is 124 g/mol. The minimum atomic E-state index is -1.96. The highest BCUT2D eigenvalue weighted by atomic mass is 16.4. The zero-order chi connectivity index (χ0) is 7.44. The molecule has 0 aromatic rings. The van der Waals surface area contributed by atoms with Gasteiger partial charge in [-0.2, -0.15) is 0 Å². The first-order chi connectivity index (χ1) is 4.09. The van der Waals surface area contributed by atoms with Crippen LogP contribution in [-0.2, 0) is 9.59 Å². The summed E-state index contributed by atoms with van der Waals surface area (Å²) in [5.41, 5.74) is 0. The van der Waals surface area contributed by atoms with Crippen LogP contribution < -0.4 is 0 Å². The van der Waals surface area contributed by atoms with Crippen molar-refractivity contribution in [2.45, 2.75) is 6.10 Å². The van der Waals surface area contributed by atoms with Gasteiger partial charge in [0.05, 0.1) is 0 Å². The first-order valence-electron chi connectivity index (χ1n) is 2.16. The summed E-state index contributed by atoms with van der Waals surface area (Å²) in [6, 6.07) is 0. The summed E-state index contributed by atoms with van der Waals surface area (Å²) in [7, 11) is 0. The smallest absolute Gasteiger partial charge is 0.340 e. The fourth-order valence-corrected chi connectivity index (χ4v) is 0.233. The Morgan fingerprint density at radius 2 is 2.00 bits per heavy atom. The molecule has 4 nitrogen and oxygen atoms in total. The Morgan fingerprint density at radius 3 is 2.11 bits per heavy atom. The van der Waals surface area contributed by atoms with Gasteiger partial charge in [0.15, 0.2) is 5.78 Å². The summed E-state index contributed by atoms with van der Waals surface area (Å²) in [5, 5.41) is 16.3. The van der Waals surface area contributed by atoms with E-state index in [9.17, 15) is 9.59 Å². The largest absolute Gasteiger partial charge is 0.479 e. The zero-order valence-corrected chi connectivity index (χ0v) is 4.57. The number of aliphatic hydroxyl groups is 1. The van der Waals surface area contributed by atoms with E-state index in [1.54, 1.807) is 0 Å². The minimum absolute atomic E-state index is 0.763. The molecule has 1 atom stereocenters. The van der Waals surface area contributed by atoms with Crippen LogP contribution in [0.5, 0.6) is 0 Å². The molecule has 0 aromatic heterocycles. The van der Waals surface area contributed by atoms with Gasteiger partial charge in [-0.25, -0.2) is 4.79 Å². The summed E-state index contributed by atoms with van der Waals surface area (Å²) in [5.74, 6) is -2.46. The maximum absolute atomic E-state index is 10.2. The third-order valence-corrected chi connectivity index (χ3v) is 0.705. The van der Waals surface area contributed by atoms with Gasteiger partial charge in [0.2, 0.25) is 6.10 Å². The number of aliphatic carboxylic acids is 1. The normalized spacial score (nSPS) is 12.1. The summed E-state index contributed by atoms with van der Waals surface area (Å²) in [4.78, 5) is 20.0. The van der Waals surface area contributed by atoms with Crippen molar-refractivity contribution in [1.82, 2.24) is 0 Å². The quantitative estimate of drug-likeness (QED) is 0.387. The number of hydrogen-bond acceptors (Lipinski definition) is 3. The maximum Gasteiger partial charge on any atom is 0.340 e. The predicted octanol–water partition coefficient (Wildman–Crippen LogP) is -0.813. The van der Waals surface area contributed by atoms with E-state index >= 15 is 0 Å². The standard InChI is InChI=1S/C5H6O4/c1-2-3(6)4(7)5(8)9/h2,4,7H,1H2,(H,8,9). The molecule has 0 heterocycles. The molecule has 0 aliphatic carbocycles. The Labute approximate surface area is 51.4 Å². The minimum Gasteiger partial charge on any atom is -0.479 e. The van der Waals surface area contributed by atoms with Crippen LogP contribution in [0.3, 0.4) is 0 Å². The Balaban J connectivity index is 4.03. The number of carboxylic acid groups (broad SMARTS) is 1. The topological polar surface area (TPSA) is 74.6 Å². The lowest BCUT2D eigenvalue weighted by Gasteiger charge is -1.96. The molecule has 0 bridgehead atoms. The van der Waals surface area contributed by atoms with Crippen molar-refractivity contribution in [2.75, 3.05) is 0 Å². The van der Waals surface area contributed by atoms with Crippen molar-refractivity contribution in [3.63, 3.8) is 0 Å². The highest BCUT2D eigenvalue weighted by molar-refractivity contribution is 6.06. The van der Waals surface area contributed by atoms with Crippen LogP contribution in [0.15, 0.2) is 12.7 Å². The van der Waals surface area contributed by atoms with Crippen molar-refractivity contribution in [3.05, 3.63) is 12.7 Å². The van der Waals surface area contributed by atoms with Crippen molar-refractivity contribution in [1.29, 1.82) is 0 Å². The molecule has 50 valence electrons. The van der Waals surface area contributed by atoms with Crippen LogP contribution in [0.25, 0.3) is 0 Å². The highest BCUT2D eigenvalue weighted by Crippen LogP contribution is 1.85. The lowest BCUT2D eigenvalue weighted by molar-refractivity contribution is -0.150. The zero-order valence-electron chi connectivity index (χ0n) is 4.57. The number of ketones is 1. The summed E-state index contributed by atoms with van der Waals surface area (Å²) in [6.07, 6.45) is -1.19. The predicted molar refractivity (Wildman–Crippen MR) is 28.8 cm³/mol. The van der Waals surface area contributed by atoms with Gasteiger partial charge in [-0.15, -0.1) is 0 Å². The van der Waals surface area contributed by atoms with Crippen LogP contribution >= 0.6 is 0 Å². The van der Waals surface area contributed by atoms with E-state index in [1.807, 2.05) is 0 Å². The number of aliphatic hydroxyl groups excluding tert-OH is 1. The third-order valence-electron chi connectivity index (χ3n) is 0.705. The second kappa shape index (κ2) is 2.99. The van der Waals surface area contributed by atoms with E-state index in [4.69, 9.17) is 10.2 Å². The Bertz CT molecular complexity index is 149. The van der Waals surface area contributed by atoms with Crippen molar-refractivity contribution < 1.29 is 19.8 Å². The molecular formula is C5H6O4. The molecule has 0 aromatic carbocycles. The molecule has 0 rings (SSSR count). The molecule has 1 unspecified atom stereocenters. The monoisotopic (exact) mass is 130 g/mol. The summed E-state index contributed by atoms with van der Waals surface area (Å²) < 4.78 is 0. The molecule has 0 aliphatic rings. The van der Waals surface area contributed by atoms with Gasteiger partial charge in [0, 0.05) is 0 Å². The second-order valence-corrected chi connectivity index (χ2v) is 1.35. The van der Waals surface area contributed by atoms with Crippen LogP contribution in [-0.4, -0.2) is 28.1 Å². The number of rotatable bonds is 3. The van der Waals surface area contributed by atoms with E-state index in [2.05, 4.69) is 6.58 Å². The molecule has 0 amide bonds. The van der Waals surface area contributed by atoms with Crippen LogP contribution in [0.1, 0.15) is 0 Å². The fourth-order valence-electron chi connectivity index (χ4n) is 0.233. The van der Waals surface area contributed by atoms with Crippen molar-refractivity contribution >= 4 is 11.8 Å². The maximum atomic E-state index is 10.2. The van der Waals surface area contributed by atoms with Gasteiger partial charge in [0.25, 0.3) is 0 Å².